The molecule has 0 radical (unpaired) electrons. The second kappa shape index (κ2) is 4.79. The fourth-order valence-corrected chi connectivity index (χ4v) is 1.43. The number of aliphatic imine (C=N–C) groups is 1. The minimum Gasteiger partial charge on any atom is -0.494 e. The van der Waals surface area contributed by atoms with Crippen molar-refractivity contribution in [3.05, 3.63) is 16.6 Å². The fourth-order valence-electron chi connectivity index (χ4n) is 1.02. The van der Waals surface area contributed by atoms with E-state index in [1.807, 2.05) is 0 Å². The van der Waals surface area contributed by atoms with Gasteiger partial charge >= 0.3 is 0 Å². The zero-order valence-electron chi connectivity index (χ0n) is 7.70. The number of nitrogens with zero attached hydrogens (tertiary/aromatic N) is 1. The van der Waals surface area contributed by atoms with E-state index in [9.17, 15) is 4.79 Å². The van der Waals surface area contributed by atoms with Gasteiger partial charge in [0.1, 0.15) is 11.5 Å². The summed E-state index contributed by atoms with van der Waals surface area (Å²) >= 11 is 3.28. The van der Waals surface area contributed by atoms with Gasteiger partial charge in [-0.25, -0.2) is 4.79 Å². The number of halogens is 1. The minimum absolute atomic E-state index is 0.341. The summed E-state index contributed by atoms with van der Waals surface area (Å²) in [5.41, 5.74) is 0.341. The lowest BCUT2D eigenvalue weighted by Gasteiger charge is -2.08. The SMILES string of the molecule is COc1cc(Br)cc(OC)c1N=C=O. The number of rotatable bonds is 3. The van der Waals surface area contributed by atoms with E-state index < -0.39 is 0 Å². The summed E-state index contributed by atoms with van der Waals surface area (Å²) in [6, 6.07) is 3.39. The first-order valence-electron chi connectivity index (χ1n) is 3.72. The average Bonchev–Trinajstić information content (AvgIpc) is 2.20. The highest BCUT2D eigenvalue weighted by atomic mass is 79.9. The monoisotopic (exact) mass is 257 g/mol. The van der Waals surface area contributed by atoms with E-state index >= 15 is 0 Å². The Kier molecular flexibility index (Phi) is 3.68. The maximum absolute atomic E-state index is 10.2. The quantitative estimate of drug-likeness (QED) is 0.618. The summed E-state index contributed by atoms with van der Waals surface area (Å²) in [5, 5.41) is 0. The maximum atomic E-state index is 10.2. The molecule has 0 unspecified atom stereocenters. The van der Waals surface area contributed by atoms with Gasteiger partial charge in [0.25, 0.3) is 0 Å². The molecular weight excluding hydrogens is 250 g/mol. The van der Waals surface area contributed by atoms with Crippen molar-refractivity contribution < 1.29 is 14.3 Å². The number of methoxy groups -OCH3 is 2. The summed E-state index contributed by atoms with van der Waals surface area (Å²) in [7, 11) is 2.98. The van der Waals surface area contributed by atoms with Crippen molar-refractivity contribution >= 4 is 27.7 Å². The highest BCUT2D eigenvalue weighted by Crippen LogP contribution is 2.39. The van der Waals surface area contributed by atoms with Crippen LogP contribution < -0.4 is 9.47 Å². The van der Waals surface area contributed by atoms with Gasteiger partial charge in [0.15, 0.2) is 5.69 Å². The molecule has 0 N–H and O–H groups in total. The number of ether oxygens (including phenoxy) is 2. The van der Waals surface area contributed by atoms with Gasteiger partial charge in [-0.3, -0.25) is 0 Å². The molecule has 1 aromatic rings. The Bertz CT molecular complexity index is 361. The summed E-state index contributed by atoms with van der Waals surface area (Å²) < 4.78 is 10.9. The molecule has 0 aliphatic heterocycles. The van der Waals surface area contributed by atoms with Crippen molar-refractivity contribution in [2.45, 2.75) is 0 Å². The molecule has 0 spiro atoms. The molecule has 0 aromatic heterocycles. The van der Waals surface area contributed by atoms with E-state index in [0.717, 1.165) is 4.47 Å². The standard InChI is InChI=1S/C9H8BrNO3/c1-13-7-3-6(10)4-8(14-2)9(7)11-5-12/h3-4H,1-2H3. The van der Waals surface area contributed by atoms with Crippen LogP contribution >= 0.6 is 15.9 Å². The number of hydrogen-bond donors (Lipinski definition) is 0. The Labute approximate surface area is 89.7 Å². The van der Waals surface area contributed by atoms with Crippen LogP contribution in [0.2, 0.25) is 0 Å². The number of hydrogen-bond acceptors (Lipinski definition) is 4. The summed E-state index contributed by atoms with van der Waals surface area (Å²) in [6.45, 7) is 0. The third kappa shape index (κ3) is 2.13. The van der Waals surface area contributed by atoms with Crippen molar-refractivity contribution in [3.8, 4) is 11.5 Å². The van der Waals surface area contributed by atoms with E-state index in [-0.39, 0.29) is 0 Å². The van der Waals surface area contributed by atoms with Gasteiger partial charge < -0.3 is 9.47 Å². The second-order valence-corrected chi connectivity index (χ2v) is 3.28. The molecule has 0 saturated heterocycles. The van der Waals surface area contributed by atoms with Gasteiger partial charge in [0.2, 0.25) is 6.08 Å². The largest absolute Gasteiger partial charge is 0.494 e. The molecule has 0 heterocycles. The summed E-state index contributed by atoms with van der Waals surface area (Å²) in [6.07, 6.45) is 1.45. The molecule has 0 fully saturated rings. The van der Waals surface area contributed by atoms with Crippen LogP contribution in [-0.2, 0) is 4.79 Å². The van der Waals surface area contributed by atoms with Crippen molar-refractivity contribution in [3.63, 3.8) is 0 Å². The molecule has 0 atom stereocenters. The summed E-state index contributed by atoms with van der Waals surface area (Å²) in [4.78, 5) is 13.7. The van der Waals surface area contributed by atoms with Crippen molar-refractivity contribution in [2.75, 3.05) is 14.2 Å². The molecule has 14 heavy (non-hydrogen) atoms. The van der Waals surface area contributed by atoms with Crippen molar-refractivity contribution in [2.24, 2.45) is 4.99 Å². The van der Waals surface area contributed by atoms with Gasteiger partial charge in [-0.1, -0.05) is 15.9 Å². The first-order chi connectivity index (χ1) is 6.72. The Balaban J connectivity index is 3.39. The third-order valence-corrected chi connectivity index (χ3v) is 2.06. The Morgan fingerprint density at radius 3 is 2.14 bits per heavy atom. The van der Waals surface area contributed by atoms with E-state index in [0.29, 0.717) is 17.2 Å². The fraction of sp³-hybridized carbons (Fsp3) is 0.222. The highest BCUT2D eigenvalue weighted by Gasteiger charge is 2.10. The molecule has 0 aliphatic carbocycles. The van der Waals surface area contributed by atoms with E-state index in [2.05, 4.69) is 20.9 Å². The maximum Gasteiger partial charge on any atom is 0.240 e. The number of isocyanates is 1. The van der Waals surface area contributed by atoms with E-state index in [4.69, 9.17) is 9.47 Å². The van der Waals surface area contributed by atoms with Gasteiger partial charge in [0, 0.05) is 4.47 Å². The van der Waals surface area contributed by atoms with Gasteiger partial charge in [-0.15, -0.1) is 0 Å². The van der Waals surface area contributed by atoms with Crippen LogP contribution in [0.4, 0.5) is 5.69 Å². The first-order valence-corrected chi connectivity index (χ1v) is 4.51. The molecule has 74 valence electrons. The van der Waals surface area contributed by atoms with Crippen LogP contribution in [0.3, 0.4) is 0 Å². The summed E-state index contributed by atoms with van der Waals surface area (Å²) in [5.74, 6) is 0.916. The van der Waals surface area contributed by atoms with Crippen LogP contribution in [0.1, 0.15) is 0 Å². The van der Waals surface area contributed by atoms with Gasteiger partial charge in [0.05, 0.1) is 14.2 Å². The lowest BCUT2D eigenvalue weighted by atomic mass is 10.2. The van der Waals surface area contributed by atoms with Gasteiger partial charge in [-0.2, -0.15) is 4.99 Å². The second-order valence-electron chi connectivity index (χ2n) is 2.36. The van der Waals surface area contributed by atoms with Crippen molar-refractivity contribution in [1.82, 2.24) is 0 Å². The number of benzene rings is 1. The number of carbonyl (C=O) groups excluding carboxylic acids is 1. The van der Waals surface area contributed by atoms with Gasteiger partial charge in [-0.05, 0) is 12.1 Å². The predicted molar refractivity (Wildman–Crippen MR) is 55.0 cm³/mol. The zero-order valence-corrected chi connectivity index (χ0v) is 9.29. The van der Waals surface area contributed by atoms with Crippen LogP contribution in [0.15, 0.2) is 21.6 Å². The lowest BCUT2D eigenvalue weighted by molar-refractivity contribution is 0.396. The molecular formula is C9H8BrNO3. The van der Waals surface area contributed by atoms with Crippen LogP contribution in [0.25, 0.3) is 0 Å². The first kappa shape index (κ1) is 10.8. The van der Waals surface area contributed by atoms with E-state index in [1.165, 1.54) is 20.3 Å². The third-order valence-electron chi connectivity index (χ3n) is 1.60. The lowest BCUT2D eigenvalue weighted by Crippen LogP contribution is -1.89. The Hall–Kier alpha value is -1.32. The average molecular weight is 258 g/mol. The minimum atomic E-state index is 0.341. The van der Waals surface area contributed by atoms with E-state index in [1.54, 1.807) is 12.1 Å². The van der Waals surface area contributed by atoms with Crippen LogP contribution in [0.5, 0.6) is 11.5 Å². The topological polar surface area (TPSA) is 47.9 Å². The molecule has 1 aromatic carbocycles. The molecule has 0 amide bonds. The smallest absolute Gasteiger partial charge is 0.240 e. The molecule has 5 heteroatoms. The molecule has 1 rings (SSSR count). The zero-order chi connectivity index (χ0) is 10.6. The Morgan fingerprint density at radius 1 is 1.29 bits per heavy atom. The molecule has 0 saturated carbocycles. The van der Waals surface area contributed by atoms with Crippen LogP contribution in [-0.4, -0.2) is 20.3 Å². The molecule has 4 nitrogen and oxygen atoms in total. The normalized spacial score (nSPS) is 9.07. The molecule has 0 aliphatic rings. The predicted octanol–water partition coefficient (Wildman–Crippen LogP) is 2.43. The molecule has 0 bridgehead atoms. The Morgan fingerprint density at radius 2 is 1.79 bits per heavy atom. The highest BCUT2D eigenvalue weighted by molar-refractivity contribution is 9.10. The van der Waals surface area contributed by atoms with Crippen LogP contribution in [0, 0.1) is 0 Å². The van der Waals surface area contributed by atoms with Crippen molar-refractivity contribution in [1.29, 1.82) is 0 Å².